The summed E-state index contributed by atoms with van der Waals surface area (Å²) in [6.07, 6.45) is 3.36. The smallest absolute Gasteiger partial charge is 0.192 e. The second-order valence-electron chi connectivity index (χ2n) is 2.89. The maximum Gasteiger partial charge on any atom is 0.192 e. The maximum atomic E-state index is 8.97. The quantitative estimate of drug-likeness (QED) is 0.797. The molecule has 0 bridgehead atoms. The minimum atomic E-state index is 0.626. The highest BCUT2D eigenvalue weighted by molar-refractivity contribution is 9.10. The van der Waals surface area contributed by atoms with E-state index in [1.54, 1.807) is 24.5 Å². The van der Waals surface area contributed by atoms with Gasteiger partial charge in [-0.05, 0) is 36.0 Å². The van der Waals surface area contributed by atoms with Gasteiger partial charge in [0.2, 0.25) is 0 Å². The minimum Gasteiger partial charge on any atom is -0.231 e. The molecule has 0 spiro atoms. The molecule has 0 N–H and O–H groups in total. The Morgan fingerprint density at radius 3 is 2.69 bits per heavy atom. The molecule has 0 atom stereocenters. The summed E-state index contributed by atoms with van der Waals surface area (Å²) >= 11 is 4.75. The fourth-order valence-corrected chi connectivity index (χ4v) is 2.46. The molecular weight excluding hydrogens is 286 g/mol. The van der Waals surface area contributed by atoms with Crippen LogP contribution in [0.5, 0.6) is 0 Å². The Labute approximate surface area is 106 Å². The zero-order valence-electron chi connectivity index (χ0n) is 8.09. The van der Waals surface area contributed by atoms with Crippen molar-refractivity contribution in [1.82, 2.24) is 9.97 Å². The topological polar surface area (TPSA) is 49.6 Å². The Morgan fingerprint density at radius 2 is 2.00 bits per heavy atom. The van der Waals surface area contributed by atoms with Crippen LogP contribution in [0, 0.1) is 11.3 Å². The normalized spacial score (nSPS) is 9.75. The molecule has 78 valence electrons. The van der Waals surface area contributed by atoms with Crippen molar-refractivity contribution in [2.24, 2.45) is 0 Å². The Hall–Kier alpha value is -1.38. The third-order valence-corrected chi connectivity index (χ3v) is 3.25. The molecule has 1 heterocycles. The molecular formula is C11H6BrN3S. The van der Waals surface area contributed by atoms with E-state index in [4.69, 9.17) is 5.26 Å². The van der Waals surface area contributed by atoms with Gasteiger partial charge in [-0.15, -0.1) is 0 Å². The number of benzene rings is 1. The van der Waals surface area contributed by atoms with E-state index in [2.05, 4.69) is 32.0 Å². The molecule has 2 rings (SSSR count). The summed E-state index contributed by atoms with van der Waals surface area (Å²) in [5.41, 5.74) is 0.626. The van der Waals surface area contributed by atoms with Crippen LogP contribution in [0.3, 0.4) is 0 Å². The van der Waals surface area contributed by atoms with Gasteiger partial charge in [0.25, 0.3) is 0 Å². The van der Waals surface area contributed by atoms with Crippen molar-refractivity contribution in [3.63, 3.8) is 0 Å². The molecule has 0 saturated carbocycles. The number of aromatic nitrogens is 2. The second-order valence-corrected chi connectivity index (χ2v) is 4.81. The van der Waals surface area contributed by atoms with E-state index in [1.165, 1.54) is 11.8 Å². The van der Waals surface area contributed by atoms with Crippen molar-refractivity contribution in [1.29, 1.82) is 5.26 Å². The molecule has 1 aromatic carbocycles. The molecule has 5 heteroatoms. The van der Waals surface area contributed by atoms with E-state index >= 15 is 0 Å². The maximum absolute atomic E-state index is 8.97. The Morgan fingerprint density at radius 1 is 1.25 bits per heavy atom. The van der Waals surface area contributed by atoms with Crippen molar-refractivity contribution in [3.05, 3.63) is 46.7 Å². The molecule has 0 radical (unpaired) electrons. The summed E-state index contributed by atoms with van der Waals surface area (Å²) < 4.78 is 0.935. The van der Waals surface area contributed by atoms with E-state index in [0.717, 1.165) is 9.37 Å². The fraction of sp³-hybridized carbons (Fsp3) is 0. The third kappa shape index (κ3) is 2.60. The monoisotopic (exact) mass is 291 g/mol. The van der Waals surface area contributed by atoms with Gasteiger partial charge in [0.05, 0.1) is 5.56 Å². The van der Waals surface area contributed by atoms with Crippen molar-refractivity contribution in [2.45, 2.75) is 10.1 Å². The number of hydrogen-bond acceptors (Lipinski definition) is 4. The Bertz CT molecular complexity index is 537. The van der Waals surface area contributed by atoms with Crippen LogP contribution >= 0.6 is 27.7 Å². The van der Waals surface area contributed by atoms with E-state index in [0.29, 0.717) is 10.7 Å². The summed E-state index contributed by atoms with van der Waals surface area (Å²) in [4.78, 5) is 9.06. The van der Waals surface area contributed by atoms with E-state index in [9.17, 15) is 0 Å². The van der Waals surface area contributed by atoms with Crippen LogP contribution in [-0.2, 0) is 0 Å². The SMILES string of the molecule is N#Cc1ccc(Br)cc1Sc1ncccn1. The number of halogens is 1. The number of rotatable bonds is 2. The first kappa shape index (κ1) is 11.1. The molecule has 16 heavy (non-hydrogen) atoms. The van der Waals surface area contributed by atoms with Crippen LogP contribution in [0.1, 0.15) is 5.56 Å². The second kappa shape index (κ2) is 5.10. The minimum absolute atomic E-state index is 0.626. The predicted molar refractivity (Wildman–Crippen MR) is 65.0 cm³/mol. The molecule has 2 aromatic rings. The summed E-state index contributed by atoms with van der Waals surface area (Å²) in [5, 5.41) is 9.60. The van der Waals surface area contributed by atoms with Gasteiger partial charge in [-0.25, -0.2) is 9.97 Å². The molecule has 0 aliphatic heterocycles. The average Bonchev–Trinajstić information content (AvgIpc) is 2.31. The third-order valence-electron chi connectivity index (χ3n) is 1.81. The number of hydrogen-bond donors (Lipinski definition) is 0. The molecule has 3 nitrogen and oxygen atoms in total. The van der Waals surface area contributed by atoms with Crippen LogP contribution in [-0.4, -0.2) is 9.97 Å². The summed E-state index contributed by atoms with van der Waals surface area (Å²) in [5.74, 6) is 0. The van der Waals surface area contributed by atoms with Gasteiger partial charge in [0, 0.05) is 21.8 Å². The zero-order valence-corrected chi connectivity index (χ0v) is 10.5. The lowest BCUT2D eigenvalue weighted by Crippen LogP contribution is -1.86. The van der Waals surface area contributed by atoms with E-state index in [-0.39, 0.29) is 0 Å². The van der Waals surface area contributed by atoms with Crippen LogP contribution in [0.4, 0.5) is 0 Å². The fourth-order valence-electron chi connectivity index (χ4n) is 1.11. The molecule has 0 saturated heterocycles. The standard InChI is InChI=1S/C11H6BrN3S/c12-9-3-2-8(7-13)10(6-9)16-11-14-4-1-5-15-11/h1-6H. The van der Waals surface area contributed by atoms with Crippen molar-refractivity contribution >= 4 is 27.7 Å². The highest BCUT2D eigenvalue weighted by Gasteiger charge is 2.06. The molecule has 0 unspecified atom stereocenters. The predicted octanol–water partition coefficient (Wildman–Crippen LogP) is 3.26. The Balaban J connectivity index is 2.35. The molecule has 0 fully saturated rings. The van der Waals surface area contributed by atoms with Crippen LogP contribution in [0.15, 0.2) is 51.2 Å². The Kier molecular flexibility index (Phi) is 3.54. The number of nitrogens with zero attached hydrogens (tertiary/aromatic N) is 3. The van der Waals surface area contributed by atoms with Crippen molar-refractivity contribution in [2.75, 3.05) is 0 Å². The lowest BCUT2D eigenvalue weighted by atomic mass is 10.2. The first-order valence-electron chi connectivity index (χ1n) is 4.44. The first-order valence-corrected chi connectivity index (χ1v) is 6.05. The highest BCUT2D eigenvalue weighted by atomic mass is 79.9. The lowest BCUT2D eigenvalue weighted by Gasteiger charge is -2.02. The summed E-state index contributed by atoms with van der Waals surface area (Å²) in [7, 11) is 0. The summed E-state index contributed by atoms with van der Waals surface area (Å²) in [6, 6.07) is 9.41. The van der Waals surface area contributed by atoms with Gasteiger partial charge >= 0.3 is 0 Å². The van der Waals surface area contributed by atoms with Gasteiger partial charge < -0.3 is 0 Å². The average molecular weight is 292 g/mol. The number of nitriles is 1. The highest BCUT2D eigenvalue weighted by Crippen LogP contribution is 2.29. The zero-order chi connectivity index (χ0) is 11.4. The molecule has 0 amide bonds. The van der Waals surface area contributed by atoms with Crippen LogP contribution in [0.2, 0.25) is 0 Å². The molecule has 1 aromatic heterocycles. The lowest BCUT2D eigenvalue weighted by molar-refractivity contribution is 0.966. The van der Waals surface area contributed by atoms with Crippen molar-refractivity contribution in [3.8, 4) is 6.07 Å². The van der Waals surface area contributed by atoms with Crippen molar-refractivity contribution < 1.29 is 0 Å². The van der Waals surface area contributed by atoms with E-state index < -0.39 is 0 Å². The molecule has 0 aliphatic rings. The van der Waals surface area contributed by atoms with Gasteiger partial charge in [-0.3, -0.25) is 0 Å². The largest absolute Gasteiger partial charge is 0.231 e. The van der Waals surface area contributed by atoms with Gasteiger partial charge in [-0.2, -0.15) is 5.26 Å². The van der Waals surface area contributed by atoms with Crippen LogP contribution < -0.4 is 0 Å². The van der Waals surface area contributed by atoms with Gasteiger partial charge in [0.15, 0.2) is 5.16 Å². The summed E-state index contributed by atoms with van der Waals surface area (Å²) in [6.45, 7) is 0. The first-order chi connectivity index (χ1) is 7.79. The van der Waals surface area contributed by atoms with Gasteiger partial charge in [0.1, 0.15) is 6.07 Å². The van der Waals surface area contributed by atoms with Gasteiger partial charge in [-0.1, -0.05) is 15.9 Å². The van der Waals surface area contributed by atoms with E-state index in [1.807, 2.05) is 12.1 Å². The molecule has 0 aliphatic carbocycles. The van der Waals surface area contributed by atoms with Crippen LogP contribution in [0.25, 0.3) is 0 Å².